The lowest BCUT2D eigenvalue weighted by Crippen LogP contribution is -2.43. The van der Waals surface area contributed by atoms with E-state index in [4.69, 9.17) is 18.0 Å². The molecule has 1 aromatic carbocycles. The summed E-state index contributed by atoms with van der Waals surface area (Å²) >= 11 is 0. The van der Waals surface area contributed by atoms with Crippen molar-refractivity contribution in [1.29, 1.82) is 0 Å². The summed E-state index contributed by atoms with van der Waals surface area (Å²) in [4.78, 5) is 11.6. The topological polar surface area (TPSA) is 66.0 Å². The normalized spacial score (nSPS) is 12.1. The van der Waals surface area contributed by atoms with Crippen LogP contribution in [-0.4, -0.2) is 41.8 Å². The quantitative estimate of drug-likeness (QED) is 0.726. The first-order valence-corrected chi connectivity index (χ1v) is 9.87. The predicted octanol–water partition coefficient (Wildman–Crippen LogP) is 3.13. The first kappa shape index (κ1) is 20.6. The van der Waals surface area contributed by atoms with Crippen LogP contribution in [0.5, 0.6) is 0 Å². The van der Waals surface area contributed by atoms with Gasteiger partial charge in [0.15, 0.2) is 0 Å². The second-order valence-electron chi connectivity index (χ2n) is 6.47. The molecule has 0 fully saturated rings. The van der Waals surface area contributed by atoms with Crippen molar-refractivity contribution in [3.05, 3.63) is 35.4 Å². The molecule has 0 spiro atoms. The molecule has 0 aromatic heterocycles. The van der Waals surface area contributed by atoms with Crippen molar-refractivity contribution in [3.63, 3.8) is 0 Å². The van der Waals surface area contributed by atoms with Crippen LogP contribution >= 0.6 is 0 Å². The molecule has 1 N–H and O–H groups in total. The molecular weight excluding hydrogens is 326 g/mol. The lowest BCUT2D eigenvalue weighted by Gasteiger charge is -2.24. The summed E-state index contributed by atoms with van der Waals surface area (Å²) in [5.74, 6) is 0. The van der Waals surface area contributed by atoms with Crippen molar-refractivity contribution < 1.29 is 22.8 Å². The summed E-state index contributed by atoms with van der Waals surface area (Å²) < 4.78 is 21.5. The molecule has 1 amide bonds. The minimum atomic E-state index is -2.54. The minimum absolute atomic E-state index is 0.414. The van der Waals surface area contributed by atoms with Crippen LogP contribution in [0.1, 0.15) is 31.9 Å². The molecule has 0 atom stereocenters. The van der Waals surface area contributed by atoms with Gasteiger partial charge in [-0.2, -0.15) is 0 Å². The summed E-state index contributed by atoms with van der Waals surface area (Å²) in [6.45, 7) is 5.95. The first-order chi connectivity index (χ1) is 11.2. The van der Waals surface area contributed by atoms with E-state index in [-0.39, 0.29) is 0 Å². The number of hydrogen-bond acceptors (Lipinski definition) is 5. The van der Waals surface area contributed by atoms with Crippen LogP contribution in [0.25, 0.3) is 0 Å². The number of alkyl carbamates (subject to hydrolysis) is 1. The highest BCUT2D eigenvalue weighted by Gasteiger charge is 2.37. The third kappa shape index (κ3) is 7.00. The molecule has 1 aromatic rings. The number of hydrogen-bond donors (Lipinski definition) is 1. The average Bonchev–Trinajstić information content (AvgIpc) is 2.54. The van der Waals surface area contributed by atoms with Crippen LogP contribution in [0.2, 0.25) is 6.04 Å². The van der Waals surface area contributed by atoms with E-state index >= 15 is 0 Å². The van der Waals surface area contributed by atoms with Crippen LogP contribution in [0.3, 0.4) is 0 Å². The Balaban J connectivity index is 2.50. The second-order valence-corrected chi connectivity index (χ2v) is 9.56. The summed E-state index contributed by atoms with van der Waals surface area (Å²) in [6, 6.07) is 8.76. The Hall–Kier alpha value is -1.41. The van der Waals surface area contributed by atoms with Gasteiger partial charge in [0.25, 0.3) is 0 Å². The summed E-state index contributed by atoms with van der Waals surface area (Å²) in [5, 5.41) is 2.74. The molecule has 0 radical (unpaired) electrons. The van der Waals surface area contributed by atoms with Crippen molar-refractivity contribution in [2.24, 2.45) is 0 Å². The van der Waals surface area contributed by atoms with Gasteiger partial charge in [0.05, 0.1) is 0 Å². The standard InChI is InChI=1S/C17H29NO5Si/c1-17(2,3)23-16(19)18-13-15-9-7-14(8-10-15)11-12-24(20-4,21-5)22-6/h7-10H,11-13H2,1-6H3,(H,18,19). The van der Waals surface area contributed by atoms with Crippen LogP contribution in [0.15, 0.2) is 24.3 Å². The fraction of sp³-hybridized carbons (Fsp3) is 0.588. The highest BCUT2D eigenvalue weighted by atomic mass is 28.4. The van der Waals surface area contributed by atoms with E-state index in [1.807, 2.05) is 45.0 Å². The van der Waals surface area contributed by atoms with Gasteiger partial charge in [-0.15, -0.1) is 0 Å². The zero-order valence-corrected chi connectivity index (χ0v) is 16.5. The molecule has 136 valence electrons. The van der Waals surface area contributed by atoms with E-state index in [1.54, 1.807) is 21.3 Å². The number of nitrogens with one attached hydrogen (secondary N) is 1. The molecule has 0 saturated carbocycles. The van der Waals surface area contributed by atoms with Crippen molar-refractivity contribution in [3.8, 4) is 0 Å². The van der Waals surface area contributed by atoms with Gasteiger partial charge in [0.1, 0.15) is 5.60 Å². The molecular formula is C17H29NO5Si. The molecule has 0 unspecified atom stereocenters. The van der Waals surface area contributed by atoms with E-state index in [1.165, 1.54) is 5.56 Å². The van der Waals surface area contributed by atoms with Gasteiger partial charge in [-0.05, 0) is 38.3 Å². The molecule has 7 heteroatoms. The number of rotatable bonds is 8. The van der Waals surface area contributed by atoms with Crippen molar-refractivity contribution in [2.45, 2.75) is 45.4 Å². The molecule has 0 aliphatic carbocycles. The van der Waals surface area contributed by atoms with Crippen LogP contribution in [0.4, 0.5) is 4.79 Å². The predicted molar refractivity (Wildman–Crippen MR) is 94.8 cm³/mol. The molecule has 1 rings (SSSR count). The third-order valence-corrected chi connectivity index (χ3v) is 6.24. The lowest BCUT2D eigenvalue weighted by molar-refractivity contribution is 0.0523. The Labute approximate surface area is 145 Å². The number of carbonyl (C=O) groups excluding carboxylic acids is 1. The summed E-state index contributed by atoms with van der Waals surface area (Å²) in [5.41, 5.74) is 1.69. The first-order valence-electron chi connectivity index (χ1n) is 7.94. The molecule has 24 heavy (non-hydrogen) atoms. The van der Waals surface area contributed by atoms with Crippen LogP contribution < -0.4 is 5.32 Å². The highest BCUT2D eigenvalue weighted by molar-refractivity contribution is 6.60. The van der Waals surface area contributed by atoms with Crippen molar-refractivity contribution in [2.75, 3.05) is 21.3 Å². The van der Waals surface area contributed by atoms with E-state index in [0.29, 0.717) is 12.6 Å². The molecule has 0 aliphatic heterocycles. The minimum Gasteiger partial charge on any atom is -0.444 e. The van der Waals surface area contributed by atoms with Gasteiger partial charge in [-0.25, -0.2) is 4.79 Å². The Bertz CT molecular complexity index is 500. The van der Waals surface area contributed by atoms with E-state index in [0.717, 1.165) is 12.0 Å². The van der Waals surface area contributed by atoms with E-state index < -0.39 is 20.5 Å². The molecule has 0 heterocycles. The molecule has 6 nitrogen and oxygen atoms in total. The fourth-order valence-electron chi connectivity index (χ4n) is 2.17. The van der Waals surface area contributed by atoms with E-state index in [9.17, 15) is 4.79 Å². The Morgan fingerprint density at radius 3 is 1.96 bits per heavy atom. The number of carbonyl (C=O) groups is 1. The monoisotopic (exact) mass is 355 g/mol. The molecule has 0 bridgehead atoms. The zero-order valence-electron chi connectivity index (χ0n) is 15.5. The van der Waals surface area contributed by atoms with Gasteiger partial charge in [-0.3, -0.25) is 0 Å². The van der Waals surface area contributed by atoms with Gasteiger partial charge in [0.2, 0.25) is 0 Å². The van der Waals surface area contributed by atoms with Gasteiger partial charge >= 0.3 is 14.9 Å². The second kappa shape index (κ2) is 9.17. The summed E-state index contributed by atoms with van der Waals surface area (Å²) in [6.07, 6.45) is 0.393. The Kier molecular flexibility index (Phi) is 7.88. The maximum absolute atomic E-state index is 11.6. The maximum atomic E-state index is 11.6. The third-order valence-electron chi connectivity index (χ3n) is 3.51. The van der Waals surface area contributed by atoms with Crippen LogP contribution in [0, 0.1) is 0 Å². The number of ether oxygens (including phenoxy) is 1. The van der Waals surface area contributed by atoms with Crippen molar-refractivity contribution >= 4 is 14.9 Å². The molecule has 0 saturated heterocycles. The van der Waals surface area contributed by atoms with Gasteiger partial charge < -0.3 is 23.3 Å². The van der Waals surface area contributed by atoms with Crippen LogP contribution in [-0.2, 0) is 31.0 Å². The number of benzene rings is 1. The smallest absolute Gasteiger partial charge is 0.444 e. The zero-order chi connectivity index (χ0) is 18.2. The highest BCUT2D eigenvalue weighted by Crippen LogP contribution is 2.17. The van der Waals surface area contributed by atoms with Gasteiger partial charge in [-0.1, -0.05) is 24.3 Å². The average molecular weight is 356 g/mol. The SMILES string of the molecule is CO[Si](CCc1ccc(CNC(=O)OC(C)(C)C)cc1)(OC)OC. The Morgan fingerprint density at radius 1 is 1.00 bits per heavy atom. The van der Waals surface area contributed by atoms with Crippen molar-refractivity contribution in [1.82, 2.24) is 5.32 Å². The molecule has 0 aliphatic rings. The fourth-order valence-corrected chi connectivity index (χ4v) is 3.87. The Morgan fingerprint density at radius 2 is 1.50 bits per heavy atom. The lowest BCUT2D eigenvalue weighted by atomic mass is 10.1. The largest absolute Gasteiger partial charge is 0.500 e. The van der Waals surface area contributed by atoms with E-state index in [2.05, 4.69) is 5.32 Å². The summed E-state index contributed by atoms with van der Waals surface area (Å²) in [7, 11) is 2.31. The number of amides is 1. The number of aryl methyl sites for hydroxylation is 1. The van der Waals surface area contributed by atoms with Gasteiger partial charge in [0, 0.05) is 33.9 Å². The maximum Gasteiger partial charge on any atom is 0.500 e.